The lowest BCUT2D eigenvalue weighted by Crippen LogP contribution is -2.32. The predicted octanol–water partition coefficient (Wildman–Crippen LogP) is 2.55. The van der Waals surface area contributed by atoms with Gasteiger partial charge >= 0.3 is 0 Å². The monoisotopic (exact) mass is 276 g/mol. The van der Waals surface area contributed by atoms with Crippen molar-refractivity contribution in [2.24, 2.45) is 0 Å². The number of benzene rings is 1. The SMILES string of the molecule is Cl.Cl.N=C(Nc1cccc(N)c1)N1CCCC1. The molecule has 1 saturated heterocycles. The summed E-state index contributed by atoms with van der Waals surface area (Å²) in [6.45, 7) is 1.96. The highest BCUT2D eigenvalue weighted by molar-refractivity contribution is 5.91. The van der Waals surface area contributed by atoms with Crippen molar-refractivity contribution in [1.29, 1.82) is 5.41 Å². The van der Waals surface area contributed by atoms with Crippen LogP contribution in [0.15, 0.2) is 24.3 Å². The molecule has 2 rings (SSSR count). The van der Waals surface area contributed by atoms with Crippen LogP contribution in [0.25, 0.3) is 0 Å². The molecule has 0 amide bonds. The second-order valence-electron chi connectivity index (χ2n) is 3.79. The summed E-state index contributed by atoms with van der Waals surface area (Å²) in [4.78, 5) is 2.04. The molecule has 1 aliphatic heterocycles. The number of guanidine groups is 1. The summed E-state index contributed by atoms with van der Waals surface area (Å²) in [7, 11) is 0. The Kier molecular flexibility index (Phi) is 6.76. The number of nitrogens with two attached hydrogens (primary N) is 1. The van der Waals surface area contributed by atoms with Crippen LogP contribution in [0, 0.1) is 5.41 Å². The maximum Gasteiger partial charge on any atom is 0.195 e. The summed E-state index contributed by atoms with van der Waals surface area (Å²) in [5, 5.41) is 10.9. The highest BCUT2D eigenvalue weighted by atomic mass is 35.5. The number of nitrogen functional groups attached to an aromatic ring is 1. The van der Waals surface area contributed by atoms with Gasteiger partial charge in [0.05, 0.1) is 0 Å². The molecular formula is C11H18Cl2N4. The van der Waals surface area contributed by atoms with E-state index in [1.807, 2.05) is 29.2 Å². The van der Waals surface area contributed by atoms with Gasteiger partial charge in [-0.25, -0.2) is 0 Å². The molecule has 1 fully saturated rings. The van der Waals surface area contributed by atoms with Gasteiger partial charge in [0.25, 0.3) is 0 Å². The average Bonchev–Trinajstić information content (AvgIpc) is 2.70. The normalized spacial score (nSPS) is 13.5. The summed E-state index contributed by atoms with van der Waals surface area (Å²) in [6.07, 6.45) is 2.36. The molecule has 1 aromatic rings. The zero-order chi connectivity index (χ0) is 10.7. The molecule has 96 valence electrons. The molecule has 0 bridgehead atoms. The van der Waals surface area contributed by atoms with Gasteiger partial charge < -0.3 is 16.0 Å². The molecule has 0 radical (unpaired) electrons. The standard InChI is InChI=1S/C11H16N4.2ClH/c12-9-4-3-5-10(8-9)14-11(13)15-6-1-2-7-15;;/h3-5,8H,1-2,6-7,12H2,(H2,13,14);2*1H. The van der Waals surface area contributed by atoms with Crippen molar-refractivity contribution in [2.75, 3.05) is 24.1 Å². The van der Waals surface area contributed by atoms with Gasteiger partial charge in [-0.3, -0.25) is 5.41 Å². The van der Waals surface area contributed by atoms with Gasteiger partial charge in [0.1, 0.15) is 0 Å². The Morgan fingerprint density at radius 2 is 1.88 bits per heavy atom. The van der Waals surface area contributed by atoms with Gasteiger partial charge in [-0.05, 0) is 31.0 Å². The van der Waals surface area contributed by atoms with Gasteiger partial charge in [-0.15, -0.1) is 24.8 Å². The minimum absolute atomic E-state index is 0. The lowest BCUT2D eigenvalue weighted by atomic mass is 10.3. The van der Waals surface area contributed by atoms with Crippen molar-refractivity contribution < 1.29 is 0 Å². The zero-order valence-electron chi connectivity index (χ0n) is 9.48. The first-order valence-electron chi connectivity index (χ1n) is 5.22. The smallest absolute Gasteiger partial charge is 0.195 e. The van der Waals surface area contributed by atoms with Crippen molar-refractivity contribution in [1.82, 2.24) is 4.90 Å². The first-order chi connectivity index (χ1) is 7.25. The zero-order valence-corrected chi connectivity index (χ0v) is 11.1. The van der Waals surface area contributed by atoms with E-state index in [-0.39, 0.29) is 24.8 Å². The lowest BCUT2D eigenvalue weighted by Gasteiger charge is -2.19. The Labute approximate surface area is 114 Å². The van der Waals surface area contributed by atoms with E-state index >= 15 is 0 Å². The number of hydrogen-bond donors (Lipinski definition) is 3. The van der Waals surface area contributed by atoms with E-state index in [1.165, 1.54) is 12.8 Å². The Morgan fingerprint density at radius 1 is 1.24 bits per heavy atom. The van der Waals surface area contributed by atoms with E-state index in [0.29, 0.717) is 11.6 Å². The number of likely N-dealkylation sites (tertiary alicyclic amines) is 1. The average molecular weight is 277 g/mol. The number of hydrogen-bond acceptors (Lipinski definition) is 2. The maximum absolute atomic E-state index is 7.87. The molecule has 6 heteroatoms. The number of nitrogens with zero attached hydrogens (tertiary/aromatic N) is 1. The van der Waals surface area contributed by atoms with Crippen LogP contribution in [0.5, 0.6) is 0 Å². The molecule has 0 spiro atoms. The van der Waals surface area contributed by atoms with Crippen molar-refractivity contribution in [3.05, 3.63) is 24.3 Å². The fourth-order valence-corrected chi connectivity index (χ4v) is 1.77. The van der Waals surface area contributed by atoms with Crippen LogP contribution in [0.1, 0.15) is 12.8 Å². The maximum atomic E-state index is 7.87. The fraction of sp³-hybridized carbons (Fsp3) is 0.364. The third-order valence-electron chi connectivity index (χ3n) is 2.57. The molecule has 0 unspecified atom stereocenters. The largest absolute Gasteiger partial charge is 0.399 e. The van der Waals surface area contributed by atoms with E-state index in [0.717, 1.165) is 18.8 Å². The Balaban J connectivity index is 0.00000128. The highest BCUT2D eigenvalue weighted by Gasteiger charge is 2.14. The van der Waals surface area contributed by atoms with Gasteiger partial charge in [0.2, 0.25) is 0 Å². The van der Waals surface area contributed by atoms with Crippen molar-refractivity contribution >= 4 is 42.1 Å². The van der Waals surface area contributed by atoms with Crippen LogP contribution in [-0.2, 0) is 0 Å². The van der Waals surface area contributed by atoms with Crippen molar-refractivity contribution in [3.8, 4) is 0 Å². The quantitative estimate of drug-likeness (QED) is 0.420. The van der Waals surface area contributed by atoms with Crippen molar-refractivity contribution in [2.45, 2.75) is 12.8 Å². The molecule has 0 aromatic heterocycles. The van der Waals surface area contributed by atoms with Gasteiger partial charge in [0, 0.05) is 24.5 Å². The van der Waals surface area contributed by atoms with Gasteiger partial charge in [-0.2, -0.15) is 0 Å². The molecule has 0 saturated carbocycles. The molecule has 4 nitrogen and oxygen atoms in total. The molecule has 1 aliphatic rings. The molecule has 0 aliphatic carbocycles. The number of anilines is 2. The number of halogens is 2. The van der Waals surface area contributed by atoms with Crippen LogP contribution >= 0.6 is 24.8 Å². The number of nitrogens with one attached hydrogen (secondary N) is 2. The highest BCUT2D eigenvalue weighted by Crippen LogP contribution is 2.14. The summed E-state index contributed by atoms with van der Waals surface area (Å²) in [6, 6.07) is 7.48. The fourth-order valence-electron chi connectivity index (χ4n) is 1.77. The van der Waals surface area contributed by atoms with E-state index in [2.05, 4.69) is 5.32 Å². The van der Waals surface area contributed by atoms with Crippen LogP contribution in [0.3, 0.4) is 0 Å². The van der Waals surface area contributed by atoms with E-state index in [9.17, 15) is 0 Å². The topological polar surface area (TPSA) is 65.1 Å². The van der Waals surface area contributed by atoms with Crippen LogP contribution in [0.2, 0.25) is 0 Å². The lowest BCUT2D eigenvalue weighted by molar-refractivity contribution is 0.514. The molecule has 1 aromatic carbocycles. The predicted molar refractivity (Wildman–Crippen MR) is 77.5 cm³/mol. The summed E-state index contributed by atoms with van der Waals surface area (Å²) >= 11 is 0. The Hall–Kier alpha value is -1.13. The van der Waals surface area contributed by atoms with Gasteiger partial charge in [0.15, 0.2) is 5.96 Å². The Morgan fingerprint density at radius 3 is 2.47 bits per heavy atom. The summed E-state index contributed by atoms with van der Waals surface area (Å²) in [5.41, 5.74) is 7.26. The number of rotatable bonds is 1. The third-order valence-corrected chi connectivity index (χ3v) is 2.57. The molecule has 0 atom stereocenters. The van der Waals surface area contributed by atoms with Crippen LogP contribution in [-0.4, -0.2) is 23.9 Å². The van der Waals surface area contributed by atoms with E-state index in [1.54, 1.807) is 0 Å². The third kappa shape index (κ3) is 4.32. The van der Waals surface area contributed by atoms with E-state index in [4.69, 9.17) is 11.1 Å². The Bertz CT molecular complexity index is 364. The first-order valence-corrected chi connectivity index (χ1v) is 5.22. The van der Waals surface area contributed by atoms with Crippen molar-refractivity contribution in [3.63, 3.8) is 0 Å². The van der Waals surface area contributed by atoms with Crippen LogP contribution in [0.4, 0.5) is 11.4 Å². The molecule has 17 heavy (non-hydrogen) atoms. The second-order valence-corrected chi connectivity index (χ2v) is 3.79. The van der Waals surface area contributed by atoms with Gasteiger partial charge in [-0.1, -0.05) is 6.07 Å². The van der Waals surface area contributed by atoms with E-state index < -0.39 is 0 Å². The summed E-state index contributed by atoms with van der Waals surface area (Å²) < 4.78 is 0. The molecule has 4 N–H and O–H groups in total. The second kappa shape index (κ2) is 7.25. The first kappa shape index (κ1) is 15.9. The minimum atomic E-state index is 0. The van der Waals surface area contributed by atoms with Crippen LogP contribution < -0.4 is 11.1 Å². The summed E-state index contributed by atoms with van der Waals surface area (Å²) in [5.74, 6) is 0.470. The molecule has 1 heterocycles. The molecular weight excluding hydrogens is 259 g/mol. The minimum Gasteiger partial charge on any atom is -0.399 e.